The van der Waals surface area contributed by atoms with Crippen LogP contribution >= 0.6 is 0 Å². The standard InChI is InChI=1S/C34H48N2/c1-5-9-13-14-18-29-20-16-23-31(26-29)34(30-22-15-19-28(25-30)17-10-6-2)33(24-12-8-4)32(27-36-35)21-11-7-3/h15-16,19-20,22-23,25-26H,5-14,17-18,21,24H2,1-4H3. The van der Waals surface area contributed by atoms with Crippen molar-refractivity contribution in [1.29, 1.82) is 0 Å². The third-order valence-electron chi connectivity index (χ3n) is 6.98. The lowest BCUT2D eigenvalue weighted by Gasteiger charge is -2.19. The Kier molecular flexibility index (Phi) is 14.6. The molecule has 0 N–H and O–H groups in total. The first kappa shape index (κ1) is 29.6. The summed E-state index contributed by atoms with van der Waals surface area (Å²) in [6.07, 6.45) is 16.0. The average Bonchev–Trinajstić information content (AvgIpc) is 2.90. The second-order valence-corrected chi connectivity index (χ2v) is 10.1. The maximum absolute atomic E-state index is 9.53. The number of rotatable bonds is 17. The van der Waals surface area contributed by atoms with E-state index in [9.17, 15) is 5.53 Å². The fraction of sp³-hybridized carbons (Fsp3) is 0.529. The molecule has 2 aromatic rings. The molecule has 0 aliphatic rings. The van der Waals surface area contributed by atoms with Crippen LogP contribution in [0, 0.1) is 0 Å². The van der Waals surface area contributed by atoms with Gasteiger partial charge >= 0.3 is 5.87 Å². The minimum atomic E-state index is 0.884. The number of allylic oxidation sites excluding steroid dienone is 2. The van der Waals surface area contributed by atoms with Gasteiger partial charge in [-0.15, -0.1) is 4.79 Å². The van der Waals surface area contributed by atoms with E-state index < -0.39 is 0 Å². The molecule has 2 nitrogen and oxygen atoms in total. The molecule has 0 amide bonds. The molecule has 0 atom stereocenters. The highest BCUT2D eigenvalue weighted by molar-refractivity contribution is 5.87. The Morgan fingerprint density at radius 3 is 1.78 bits per heavy atom. The highest BCUT2D eigenvalue weighted by Gasteiger charge is 2.18. The van der Waals surface area contributed by atoms with Crippen molar-refractivity contribution in [3.63, 3.8) is 0 Å². The van der Waals surface area contributed by atoms with Crippen molar-refractivity contribution in [3.05, 3.63) is 87.5 Å². The van der Waals surface area contributed by atoms with Gasteiger partial charge in [-0.25, -0.2) is 0 Å². The van der Waals surface area contributed by atoms with E-state index in [2.05, 4.69) is 86.9 Å². The van der Waals surface area contributed by atoms with E-state index in [0.29, 0.717) is 0 Å². The minimum Gasteiger partial charge on any atom is -0.348 e. The fourth-order valence-corrected chi connectivity index (χ4v) is 4.89. The number of hydrogen-bond donors (Lipinski definition) is 0. The second kappa shape index (κ2) is 17.7. The molecular formula is C34H48N2. The number of aryl methyl sites for hydroxylation is 2. The fourth-order valence-electron chi connectivity index (χ4n) is 4.89. The summed E-state index contributed by atoms with van der Waals surface area (Å²) in [6, 6.07) is 18.3. The summed E-state index contributed by atoms with van der Waals surface area (Å²) in [5.41, 5.74) is 18.5. The predicted molar refractivity (Wildman–Crippen MR) is 157 cm³/mol. The maximum Gasteiger partial charge on any atom is 0.303 e. The van der Waals surface area contributed by atoms with Crippen LogP contribution in [0.15, 0.2) is 59.7 Å². The molecule has 0 heterocycles. The van der Waals surface area contributed by atoms with Gasteiger partial charge in [-0.3, -0.25) is 0 Å². The van der Waals surface area contributed by atoms with E-state index in [1.54, 1.807) is 0 Å². The molecule has 0 spiro atoms. The molecular weight excluding hydrogens is 436 g/mol. The van der Waals surface area contributed by atoms with Gasteiger partial charge in [0.05, 0.1) is 5.57 Å². The molecule has 0 bridgehead atoms. The van der Waals surface area contributed by atoms with Gasteiger partial charge in [0.25, 0.3) is 0 Å². The highest BCUT2D eigenvalue weighted by atomic mass is 14.8. The quantitative estimate of drug-likeness (QED) is 0.0704. The summed E-state index contributed by atoms with van der Waals surface area (Å²) in [5.74, 6) is 3.00. The smallest absolute Gasteiger partial charge is 0.303 e. The second-order valence-electron chi connectivity index (χ2n) is 10.1. The van der Waals surface area contributed by atoms with Crippen molar-refractivity contribution in [2.45, 2.75) is 118 Å². The Balaban J connectivity index is 2.71. The van der Waals surface area contributed by atoms with Crippen LogP contribution in [-0.4, -0.2) is 10.7 Å². The molecule has 2 aromatic carbocycles. The predicted octanol–water partition coefficient (Wildman–Crippen LogP) is 10.2. The number of hydrogen-bond acceptors (Lipinski definition) is 0. The van der Waals surface area contributed by atoms with Crippen LogP contribution in [-0.2, 0) is 12.8 Å². The van der Waals surface area contributed by atoms with Gasteiger partial charge in [-0.2, -0.15) is 0 Å². The Hall–Kier alpha value is -2.66. The Morgan fingerprint density at radius 1 is 0.667 bits per heavy atom. The Bertz CT molecular complexity index is 1030. The zero-order chi connectivity index (χ0) is 26.0. The van der Waals surface area contributed by atoms with E-state index >= 15 is 0 Å². The molecule has 0 aliphatic carbocycles. The van der Waals surface area contributed by atoms with E-state index in [4.69, 9.17) is 0 Å². The molecule has 2 heteroatoms. The molecule has 0 radical (unpaired) electrons. The van der Waals surface area contributed by atoms with Crippen LogP contribution in [0.5, 0.6) is 0 Å². The summed E-state index contributed by atoms with van der Waals surface area (Å²) in [7, 11) is 0. The van der Waals surface area contributed by atoms with Crippen molar-refractivity contribution in [2.75, 3.05) is 0 Å². The van der Waals surface area contributed by atoms with Gasteiger partial charge < -0.3 is 5.53 Å². The normalized spacial score (nSPS) is 11.6. The van der Waals surface area contributed by atoms with Gasteiger partial charge in [0.1, 0.15) is 0 Å². The minimum absolute atomic E-state index is 0.884. The van der Waals surface area contributed by atoms with Crippen molar-refractivity contribution in [3.8, 4) is 0 Å². The average molecular weight is 485 g/mol. The first-order valence-corrected chi connectivity index (χ1v) is 14.6. The van der Waals surface area contributed by atoms with Gasteiger partial charge in [0, 0.05) is 0 Å². The van der Waals surface area contributed by atoms with Gasteiger partial charge in [-0.05, 0) is 84.8 Å². The van der Waals surface area contributed by atoms with E-state index in [1.807, 2.05) is 0 Å². The summed E-state index contributed by atoms with van der Waals surface area (Å²) < 4.78 is 0. The molecule has 36 heavy (non-hydrogen) atoms. The Morgan fingerprint density at radius 2 is 1.22 bits per heavy atom. The molecule has 0 unspecified atom stereocenters. The van der Waals surface area contributed by atoms with Crippen molar-refractivity contribution >= 4 is 11.4 Å². The topological polar surface area (TPSA) is 36.4 Å². The lowest BCUT2D eigenvalue weighted by Crippen LogP contribution is -2.02. The SMILES string of the molecule is CCCCCCc1cccc(C(=C(CCCC)C(=C=[N+]=[N-])CCCC)c2cccc(CCCC)c2)c1. The van der Waals surface area contributed by atoms with E-state index in [1.165, 1.54) is 71.9 Å². The highest BCUT2D eigenvalue weighted by Crippen LogP contribution is 2.35. The molecule has 0 saturated carbocycles. The number of nitrogens with zero attached hydrogens (tertiary/aromatic N) is 2. The zero-order valence-electron chi connectivity index (χ0n) is 23.4. The maximum atomic E-state index is 9.53. The van der Waals surface area contributed by atoms with Crippen LogP contribution in [0.1, 0.15) is 127 Å². The van der Waals surface area contributed by atoms with Gasteiger partial charge in [0.15, 0.2) is 0 Å². The summed E-state index contributed by atoms with van der Waals surface area (Å²) in [4.78, 5) is 3.40. The molecule has 0 aromatic heterocycles. The lowest BCUT2D eigenvalue weighted by molar-refractivity contribution is 0.00739. The zero-order valence-corrected chi connectivity index (χ0v) is 23.4. The molecule has 0 fully saturated rings. The third kappa shape index (κ3) is 9.77. The van der Waals surface area contributed by atoms with Crippen LogP contribution < -0.4 is 0 Å². The largest absolute Gasteiger partial charge is 0.348 e. The van der Waals surface area contributed by atoms with E-state index in [0.717, 1.165) is 56.9 Å². The van der Waals surface area contributed by atoms with Crippen molar-refractivity contribution in [1.82, 2.24) is 0 Å². The first-order chi connectivity index (χ1) is 17.7. The van der Waals surface area contributed by atoms with Crippen molar-refractivity contribution in [2.24, 2.45) is 0 Å². The number of unbranched alkanes of at least 4 members (excludes halogenated alkanes) is 6. The van der Waals surface area contributed by atoms with Gasteiger partial charge in [0.2, 0.25) is 0 Å². The van der Waals surface area contributed by atoms with Crippen LogP contribution in [0.3, 0.4) is 0 Å². The molecule has 194 valence electrons. The third-order valence-corrected chi connectivity index (χ3v) is 6.98. The molecule has 2 rings (SSSR count). The first-order valence-electron chi connectivity index (χ1n) is 14.6. The summed E-state index contributed by atoms with van der Waals surface area (Å²) in [5, 5.41) is 0. The number of benzene rings is 2. The van der Waals surface area contributed by atoms with Crippen molar-refractivity contribution < 1.29 is 4.79 Å². The Labute approximate surface area is 221 Å². The summed E-state index contributed by atoms with van der Waals surface area (Å²) >= 11 is 0. The monoisotopic (exact) mass is 484 g/mol. The summed E-state index contributed by atoms with van der Waals surface area (Å²) in [6.45, 7) is 8.98. The lowest BCUT2D eigenvalue weighted by atomic mass is 9.84. The molecule has 0 saturated heterocycles. The molecule has 0 aliphatic heterocycles. The van der Waals surface area contributed by atoms with Crippen LogP contribution in [0.25, 0.3) is 11.1 Å². The van der Waals surface area contributed by atoms with Gasteiger partial charge in [-0.1, -0.05) is 115 Å². The van der Waals surface area contributed by atoms with Crippen LogP contribution in [0.4, 0.5) is 0 Å². The van der Waals surface area contributed by atoms with E-state index in [-0.39, 0.29) is 0 Å². The van der Waals surface area contributed by atoms with Crippen LogP contribution in [0.2, 0.25) is 0 Å².